The zero-order valence-corrected chi connectivity index (χ0v) is 17.4. The number of furan rings is 1. The molecule has 0 bridgehead atoms. The Bertz CT molecular complexity index is 1030. The van der Waals surface area contributed by atoms with Gasteiger partial charge in [0.2, 0.25) is 0 Å². The minimum atomic E-state index is -1.34. The number of carbonyl (C=O) groups is 3. The lowest BCUT2D eigenvalue weighted by atomic mass is 10.1. The van der Waals surface area contributed by atoms with Gasteiger partial charge in [-0.3, -0.25) is 14.5 Å². The number of carbonyl (C=O) groups excluding carboxylic acids is 1. The van der Waals surface area contributed by atoms with Gasteiger partial charge in [-0.1, -0.05) is 24.0 Å². The Labute approximate surface area is 181 Å². The van der Waals surface area contributed by atoms with Gasteiger partial charge in [-0.2, -0.15) is 0 Å². The van der Waals surface area contributed by atoms with Crippen LogP contribution in [0.1, 0.15) is 18.6 Å². The van der Waals surface area contributed by atoms with Crippen LogP contribution in [0.4, 0.5) is 0 Å². The molecule has 1 amide bonds. The quantitative estimate of drug-likeness (QED) is 0.463. The van der Waals surface area contributed by atoms with Crippen molar-refractivity contribution in [2.45, 2.75) is 18.9 Å². The van der Waals surface area contributed by atoms with Crippen LogP contribution in [0.15, 0.2) is 45.7 Å². The first kappa shape index (κ1) is 21.6. The number of ether oxygens (including phenoxy) is 1. The van der Waals surface area contributed by atoms with Gasteiger partial charge in [-0.15, -0.1) is 0 Å². The molecule has 2 N–H and O–H groups in total. The van der Waals surface area contributed by atoms with Crippen LogP contribution >= 0.6 is 24.0 Å². The molecule has 1 aliphatic heterocycles. The molecule has 0 saturated carbocycles. The van der Waals surface area contributed by atoms with Crippen LogP contribution < -0.4 is 4.74 Å². The summed E-state index contributed by atoms with van der Waals surface area (Å²) < 4.78 is 11.0. The number of benzene rings is 1. The van der Waals surface area contributed by atoms with E-state index in [1.807, 2.05) is 12.1 Å². The third kappa shape index (κ3) is 4.71. The summed E-state index contributed by atoms with van der Waals surface area (Å²) >= 11 is 6.11. The maximum absolute atomic E-state index is 12.7. The van der Waals surface area contributed by atoms with E-state index in [0.717, 1.165) is 22.2 Å². The molecule has 0 spiro atoms. The Balaban J connectivity index is 1.80. The number of carboxylic acids is 2. The van der Waals surface area contributed by atoms with E-state index in [-0.39, 0.29) is 15.6 Å². The van der Waals surface area contributed by atoms with Crippen LogP contribution in [0.5, 0.6) is 5.75 Å². The smallest absolute Gasteiger partial charge is 0.326 e. The minimum Gasteiger partial charge on any atom is -0.497 e. The van der Waals surface area contributed by atoms with Crippen molar-refractivity contribution in [3.63, 3.8) is 0 Å². The van der Waals surface area contributed by atoms with Gasteiger partial charge in [-0.25, -0.2) is 4.79 Å². The van der Waals surface area contributed by atoms with Crippen LogP contribution in [0.2, 0.25) is 0 Å². The first-order valence-electron chi connectivity index (χ1n) is 8.76. The van der Waals surface area contributed by atoms with Crippen LogP contribution in [0.25, 0.3) is 17.4 Å². The highest BCUT2D eigenvalue weighted by Crippen LogP contribution is 2.35. The minimum absolute atomic E-state index is 0.0611. The number of carboxylic acid groups (broad SMARTS) is 2. The van der Waals surface area contributed by atoms with E-state index in [2.05, 4.69) is 0 Å². The molecule has 30 heavy (non-hydrogen) atoms. The third-order valence-electron chi connectivity index (χ3n) is 4.33. The number of thiocarbonyl (C=S) groups is 1. The molecule has 0 aliphatic carbocycles. The predicted octanol–water partition coefficient (Wildman–Crippen LogP) is 3.47. The average Bonchev–Trinajstić information content (AvgIpc) is 3.28. The van der Waals surface area contributed by atoms with Gasteiger partial charge in [0.1, 0.15) is 27.6 Å². The Morgan fingerprint density at radius 1 is 1.23 bits per heavy atom. The van der Waals surface area contributed by atoms with E-state index in [1.54, 1.807) is 31.4 Å². The first-order chi connectivity index (χ1) is 14.3. The summed E-state index contributed by atoms with van der Waals surface area (Å²) in [5.74, 6) is -1.35. The summed E-state index contributed by atoms with van der Waals surface area (Å²) in [5, 5.41) is 18.2. The highest BCUT2D eigenvalue weighted by molar-refractivity contribution is 8.26. The standard InChI is InChI=1S/C20H17NO7S2/c1-27-12-4-2-11(3-5-12)15-8-6-13(28-15)10-16-18(24)21(20(29)30-16)14(19(25)26)7-9-17(22)23/h2-6,8,10,14H,7,9H2,1H3,(H,22,23)(H,25,26)/b16-10+/t14-/m1/s1. The van der Waals surface area contributed by atoms with Crippen LogP contribution in [-0.4, -0.2) is 50.4 Å². The number of thioether (sulfide) groups is 1. The molecule has 0 unspecified atom stereocenters. The first-order valence-corrected chi connectivity index (χ1v) is 9.98. The van der Waals surface area contributed by atoms with Gasteiger partial charge < -0.3 is 19.4 Å². The molecule has 2 heterocycles. The molecular weight excluding hydrogens is 430 g/mol. The van der Waals surface area contributed by atoms with Crippen molar-refractivity contribution < 1.29 is 33.8 Å². The predicted molar refractivity (Wildman–Crippen MR) is 114 cm³/mol. The number of hydrogen-bond donors (Lipinski definition) is 2. The summed E-state index contributed by atoms with van der Waals surface area (Å²) in [6.45, 7) is 0. The molecule has 3 rings (SSSR count). The van der Waals surface area contributed by atoms with Crippen molar-refractivity contribution in [3.8, 4) is 17.1 Å². The molecule has 1 atom stereocenters. The normalized spacial score (nSPS) is 16.2. The number of nitrogens with zero attached hydrogens (tertiary/aromatic N) is 1. The van der Waals surface area contributed by atoms with E-state index in [1.165, 1.54) is 6.08 Å². The van der Waals surface area contributed by atoms with Crippen LogP contribution in [-0.2, 0) is 14.4 Å². The molecule has 8 nitrogen and oxygen atoms in total. The van der Waals surface area contributed by atoms with Crippen LogP contribution in [0.3, 0.4) is 0 Å². The number of hydrogen-bond acceptors (Lipinski definition) is 7. The van der Waals surface area contributed by atoms with E-state index in [4.69, 9.17) is 26.5 Å². The van der Waals surface area contributed by atoms with E-state index in [0.29, 0.717) is 17.3 Å². The molecule has 1 aromatic heterocycles. The zero-order chi connectivity index (χ0) is 21.8. The molecule has 1 aromatic carbocycles. The molecular formula is C20H17NO7S2. The maximum atomic E-state index is 12.7. The second-order valence-corrected chi connectivity index (χ2v) is 7.94. The topological polar surface area (TPSA) is 117 Å². The fourth-order valence-corrected chi connectivity index (χ4v) is 4.18. The molecule has 10 heteroatoms. The van der Waals surface area contributed by atoms with E-state index >= 15 is 0 Å². The van der Waals surface area contributed by atoms with Gasteiger partial charge in [0.15, 0.2) is 0 Å². The number of amides is 1. The lowest BCUT2D eigenvalue weighted by molar-refractivity contribution is -0.146. The van der Waals surface area contributed by atoms with Crippen molar-refractivity contribution in [1.29, 1.82) is 0 Å². The monoisotopic (exact) mass is 447 g/mol. The van der Waals surface area contributed by atoms with Crippen molar-refractivity contribution in [3.05, 3.63) is 47.1 Å². The van der Waals surface area contributed by atoms with Gasteiger partial charge in [0, 0.05) is 18.1 Å². The third-order valence-corrected chi connectivity index (χ3v) is 5.66. The van der Waals surface area contributed by atoms with Crippen LogP contribution in [0, 0.1) is 0 Å². The Morgan fingerprint density at radius 2 is 1.93 bits per heavy atom. The van der Waals surface area contributed by atoms with Gasteiger partial charge in [0.25, 0.3) is 5.91 Å². The van der Waals surface area contributed by atoms with Gasteiger partial charge in [-0.05, 0) is 42.8 Å². The molecule has 1 fully saturated rings. The van der Waals surface area contributed by atoms with E-state index < -0.39 is 30.3 Å². The summed E-state index contributed by atoms with van der Waals surface area (Å²) in [5.41, 5.74) is 0.822. The fourth-order valence-electron chi connectivity index (χ4n) is 2.84. The van der Waals surface area contributed by atoms with Crippen molar-refractivity contribution in [2.24, 2.45) is 0 Å². The molecule has 2 aromatic rings. The number of rotatable bonds is 8. The molecule has 0 radical (unpaired) electrons. The molecule has 1 saturated heterocycles. The summed E-state index contributed by atoms with van der Waals surface area (Å²) in [6, 6.07) is 9.36. The van der Waals surface area contributed by atoms with E-state index in [9.17, 15) is 19.5 Å². The highest BCUT2D eigenvalue weighted by atomic mass is 32.2. The highest BCUT2D eigenvalue weighted by Gasteiger charge is 2.40. The SMILES string of the molecule is COc1ccc(-c2ccc(/C=C3/SC(=S)N([C@H](CCC(=O)O)C(=O)O)C3=O)o2)cc1. The Hall–Kier alpha value is -3.11. The average molecular weight is 447 g/mol. The number of methoxy groups -OCH3 is 1. The maximum Gasteiger partial charge on any atom is 0.326 e. The second-order valence-electron chi connectivity index (χ2n) is 6.27. The zero-order valence-electron chi connectivity index (χ0n) is 15.7. The summed E-state index contributed by atoms with van der Waals surface area (Å²) in [4.78, 5) is 36.3. The Morgan fingerprint density at radius 3 is 2.53 bits per heavy atom. The largest absolute Gasteiger partial charge is 0.497 e. The summed E-state index contributed by atoms with van der Waals surface area (Å²) in [7, 11) is 1.58. The molecule has 1 aliphatic rings. The Kier molecular flexibility index (Phi) is 6.58. The van der Waals surface area contributed by atoms with Crippen molar-refractivity contribution in [2.75, 3.05) is 7.11 Å². The fraction of sp³-hybridized carbons (Fsp3) is 0.200. The van der Waals surface area contributed by atoms with Crippen molar-refractivity contribution >= 4 is 52.2 Å². The second kappa shape index (κ2) is 9.14. The van der Waals surface area contributed by atoms with Gasteiger partial charge in [0.05, 0.1) is 12.0 Å². The van der Waals surface area contributed by atoms with Gasteiger partial charge >= 0.3 is 11.9 Å². The lowest BCUT2D eigenvalue weighted by Crippen LogP contribution is -2.44. The lowest BCUT2D eigenvalue weighted by Gasteiger charge is -2.22. The molecule has 156 valence electrons. The van der Waals surface area contributed by atoms with Crippen molar-refractivity contribution in [1.82, 2.24) is 4.90 Å². The summed E-state index contributed by atoms with van der Waals surface area (Å²) in [6.07, 6.45) is 0.853. The number of aliphatic carboxylic acids is 2.